The normalized spacial score (nSPS) is 13.8. The molecule has 0 bridgehead atoms. The van der Waals surface area contributed by atoms with E-state index in [1.807, 2.05) is 38.3 Å². The van der Waals surface area contributed by atoms with Crippen molar-refractivity contribution < 1.29 is 23.5 Å². The lowest BCUT2D eigenvalue weighted by molar-refractivity contribution is 0.0498. The molecule has 1 N–H and O–H groups in total. The van der Waals surface area contributed by atoms with Crippen LogP contribution in [0.2, 0.25) is 0 Å². The summed E-state index contributed by atoms with van der Waals surface area (Å²) in [5.41, 5.74) is 0.375. The number of rotatable bonds is 7. The van der Waals surface area contributed by atoms with Crippen molar-refractivity contribution in [2.45, 2.75) is 91.8 Å². The molecule has 0 fully saturated rings. The molecular formula is C26H35FN4O4S2. The van der Waals surface area contributed by atoms with Gasteiger partial charge in [0.1, 0.15) is 22.9 Å². The fourth-order valence-electron chi connectivity index (χ4n) is 3.62. The van der Waals surface area contributed by atoms with Gasteiger partial charge in [-0.15, -0.1) is 27.8 Å². The molecular weight excluding hydrogens is 515 g/mol. The van der Waals surface area contributed by atoms with E-state index in [0.29, 0.717) is 26.3 Å². The zero-order chi connectivity index (χ0) is 27.5. The maximum absolute atomic E-state index is 15.6. The minimum absolute atomic E-state index is 0.0562. The van der Waals surface area contributed by atoms with Crippen LogP contribution in [0, 0.1) is 6.92 Å². The maximum atomic E-state index is 15.6. The number of aryl methyl sites for hydroxylation is 1. The third kappa shape index (κ3) is 7.85. The van der Waals surface area contributed by atoms with E-state index < -0.39 is 35.6 Å². The smallest absolute Gasteiger partial charge is 0.415 e. The van der Waals surface area contributed by atoms with E-state index in [4.69, 9.17) is 9.47 Å². The largest absolute Gasteiger partial charge is 0.444 e. The molecule has 3 rings (SSSR count). The van der Waals surface area contributed by atoms with E-state index >= 15 is 4.39 Å². The molecule has 0 aromatic carbocycles. The summed E-state index contributed by atoms with van der Waals surface area (Å²) >= 11 is 2.77. The first-order chi connectivity index (χ1) is 17.1. The van der Waals surface area contributed by atoms with Crippen LogP contribution in [0.1, 0.15) is 76.4 Å². The van der Waals surface area contributed by atoms with Gasteiger partial charge in [-0.05, 0) is 72.4 Å². The average Bonchev–Trinajstić information content (AvgIpc) is 3.37. The third-order valence-electron chi connectivity index (χ3n) is 5.13. The van der Waals surface area contributed by atoms with Crippen molar-refractivity contribution in [1.29, 1.82) is 0 Å². The Morgan fingerprint density at radius 2 is 1.84 bits per heavy atom. The highest BCUT2D eigenvalue weighted by Gasteiger charge is 2.29. The Labute approximate surface area is 225 Å². The predicted molar refractivity (Wildman–Crippen MR) is 146 cm³/mol. The van der Waals surface area contributed by atoms with Crippen LogP contribution in [0.15, 0.2) is 23.7 Å². The number of amides is 2. The molecule has 0 spiro atoms. The second-order valence-corrected chi connectivity index (χ2v) is 13.0. The Morgan fingerprint density at radius 1 is 1.16 bits per heavy atom. The number of fused-ring (bicyclic) bond motifs is 1. The van der Waals surface area contributed by atoms with Crippen molar-refractivity contribution >= 4 is 50.8 Å². The highest BCUT2D eigenvalue weighted by atomic mass is 32.1. The van der Waals surface area contributed by atoms with Gasteiger partial charge in [0.2, 0.25) is 0 Å². The Bertz CT molecular complexity index is 1230. The monoisotopic (exact) mass is 550 g/mol. The first-order valence-corrected chi connectivity index (χ1v) is 13.8. The van der Waals surface area contributed by atoms with E-state index in [-0.39, 0.29) is 13.0 Å². The van der Waals surface area contributed by atoms with Crippen molar-refractivity contribution in [3.05, 3.63) is 39.0 Å². The number of alkyl carbamates (subject to hydrolysis) is 1. The standard InChI is InChI=1S/C26H35FN4O4S2/c1-15(29-23(32)34-25(3,4)5)12-18(27)21-16(2)20-22(37-21)19(13-28-30-20)31(14-17-10-9-11-36-17)24(33)35-26(6,7)8/h9-11,13,15,18H,12,14H2,1-8H3,(H,29,32)/t15-,18?/m0/s1. The summed E-state index contributed by atoms with van der Waals surface area (Å²) in [5.74, 6) is 0. The van der Waals surface area contributed by atoms with Crippen LogP contribution in [-0.2, 0) is 16.0 Å². The predicted octanol–water partition coefficient (Wildman–Crippen LogP) is 7.32. The van der Waals surface area contributed by atoms with Crippen molar-refractivity contribution in [3.8, 4) is 0 Å². The number of hydrogen-bond donors (Lipinski definition) is 1. The lowest BCUT2D eigenvalue weighted by Gasteiger charge is -2.27. The van der Waals surface area contributed by atoms with E-state index in [1.165, 1.54) is 33.8 Å². The highest BCUT2D eigenvalue weighted by molar-refractivity contribution is 7.20. The number of thiophene rings is 2. The number of aromatic nitrogens is 2. The maximum Gasteiger partial charge on any atom is 0.415 e. The van der Waals surface area contributed by atoms with Crippen LogP contribution < -0.4 is 10.2 Å². The molecule has 1 unspecified atom stereocenters. The summed E-state index contributed by atoms with van der Waals surface area (Å²) in [7, 11) is 0. The van der Waals surface area contributed by atoms with Gasteiger partial charge in [-0.3, -0.25) is 4.90 Å². The van der Waals surface area contributed by atoms with Crippen molar-refractivity contribution in [2.75, 3.05) is 4.90 Å². The molecule has 0 radical (unpaired) electrons. The van der Waals surface area contributed by atoms with Gasteiger partial charge >= 0.3 is 12.2 Å². The minimum Gasteiger partial charge on any atom is -0.444 e. The molecule has 2 amide bonds. The average molecular weight is 551 g/mol. The Kier molecular flexibility index (Phi) is 8.79. The number of halogens is 1. The molecule has 0 saturated heterocycles. The molecule has 0 aliphatic rings. The summed E-state index contributed by atoms with van der Waals surface area (Å²) in [6.07, 6.45) is -0.894. The molecule has 0 aliphatic carbocycles. The van der Waals surface area contributed by atoms with E-state index in [2.05, 4.69) is 15.5 Å². The fourth-order valence-corrected chi connectivity index (χ4v) is 5.56. The van der Waals surface area contributed by atoms with Crippen molar-refractivity contribution in [2.24, 2.45) is 0 Å². The summed E-state index contributed by atoms with van der Waals surface area (Å²) < 4.78 is 27.2. The first-order valence-electron chi connectivity index (χ1n) is 12.1. The van der Waals surface area contributed by atoms with Gasteiger partial charge in [0.05, 0.1) is 23.1 Å². The lowest BCUT2D eigenvalue weighted by Crippen LogP contribution is -2.38. The molecule has 202 valence electrons. The summed E-state index contributed by atoms with van der Waals surface area (Å²) in [4.78, 5) is 28.3. The first kappa shape index (κ1) is 28.8. The third-order valence-corrected chi connectivity index (χ3v) is 7.38. The number of hydrogen-bond acceptors (Lipinski definition) is 8. The van der Waals surface area contributed by atoms with Crippen LogP contribution in [-0.4, -0.2) is 39.6 Å². The quantitative estimate of drug-likeness (QED) is 0.331. The van der Waals surface area contributed by atoms with Gasteiger partial charge in [-0.1, -0.05) is 6.07 Å². The molecule has 3 aromatic heterocycles. The number of anilines is 1. The molecule has 2 atom stereocenters. The van der Waals surface area contributed by atoms with Crippen LogP contribution in [0.25, 0.3) is 10.2 Å². The molecule has 37 heavy (non-hydrogen) atoms. The van der Waals surface area contributed by atoms with E-state index in [9.17, 15) is 9.59 Å². The summed E-state index contributed by atoms with van der Waals surface area (Å²) in [5, 5.41) is 13.0. The molecule has 3 aromatic rings. The second kappa shape index (κ2) is 11.3. The number of carbonyl (C=O) groups is 2. The zero-order valence-corrected chi connectivity index (χ0v) is 24.2. The Hall–Kier alpha value is -2.79. The van der Waals surface area contributed by atoms with Crippen molar-refractivity contribution in [3.63, 3.8) is 0 Å². The van der Waals surface area contributed by atoms with E-state index in [1.54, 1.807) is 34.6 Å². The zero-order valence-electron chi connectivity index (χ0n) is 22.5. The van der Waals surface area contributed by atoms with Crippen LogP contribution in [0.3, 0.4) is 0 Å². The van der Waals surface area contributed by atoms with E-state index in [0.717, 1.165) is 4.88 Å². The number of ether oxygens (including phenoxy) is 2. The van der Waals surface area contributed by atoms with Crippen LogP contribution in [0.5, 0.6) is 0 Å². The van der Waals surface area contributed by atoms with Gasteiger partial charge in [-0.2, -0.15) is 5.10 Å². The molecule has 0 saturated carbocycles. The number of alkyl halides is 1. The van der Waals surface area contributed by atoms with Crippen molar-refractivity contribution in [1.82, 2.24) is 15.5 Å². The van der Waals surface area contributed by atoms with Gasteiger partial charge in [0.25, 0.3) is 0 Å². The fraction of sp³-hybridized carbons (Fsp3) is 0.538. The Morgan fingerprint density at radius 3 is 2.43 bits per heavy atom. The summed E-state index contributed by atoms with van der Waals surface area (Å²) in [6.45, 7) is 14.5. The van der Waals surface area contributed by atoms with Gasteiger partial charge in [0, 0.05) is 22.2 Å². The number of carbonyl (C=O) groups excluding carboxylic acids is 2. The molecule has 0 aliphatic heterocycles. The number of nitrogens with zero attached hydrogens (tertiary/aromatic N) is 3. The highest BCUT2D eigenvalue weighted by Crippen LogP contribution is 2.41. The number of nitrogens with one attached hydrogen (secondary N) is 1. The van der Waals surface area contributed by atoms with Gasteiger partial charge in [0.15, 0.2) is 0 Å². The minimum atomic E-state index is -1.36. The lowest BCUT2D eigenvalue weighted by atomic mass is 10.1. The summed E-state index contributed by atoms with van der Waals surface area (Å²) in [6, 6.07) is 3.40. The molecule has 11 heteroatoms. The second-order valence-electron chi connectivity index (χ2n) is 10.9. The van der Waals surface area contributed by atoms with Crippen LogP contribution >= 0.6 is 22.7 Å². The van der Waals surface area contributed by atoms with Gasteiger partial charge < -0.3 is 14.8 Å². The van der Waals surface area contributed by atoms with Gasteiger partial charge in [-0.25, -0.2) is 14.0 Å². The topological polar surface area (TPSA) is 93.7 Å². The van der Waals surface area contributed by atoms with Crippen LogP contribution in [0.4, 0.5) is 19.7 Å². The SMILES string of the molecule is Cc1c(C(F)C[C@H](C)NC(=O)OC(C)(C)C)sc2c(N(Cc3cccs3)C(=O)OC(C)(C)C)cnnc12. The Balaban J connectivity index is 1.91. The molecule has 3 heterocycles. The molecule has 8 nitrogen and oxygen atoms in total.